The zero-order valence-electron chi connectivity index (χ0n) is 18.0. The number of carbonyl (C=O) groups excluding carboxylic acids is 1. The molecule has 0 aliphatic carbocycles. The highest BCUT2D eigenvalue weighted by molar-refractivity contribution is 7.78. The maximum Gasteiger partial charge on any atom is 0.326 e. The van der Waals surface area contributed by atoms with Gasteiger partial charge in [0, 0.05) is 37.2 Å². The molecule has 0 bridgehead atoms. The average molecular weight is 476 g/mol. The number of hydrogen-bond acceptors (Lipinski definition) is 7. The molecular weight excluding hydrogens is 450 g/mol. The zero-order valence-corrected chi connectivity index (χ0v) is 18.8. The Morgan fingerprint density at radius 1 is 1.24 bits per heavy atom. The first-order chi connectivity index (χ1) is 15.7. The van der Waals surface area contributed by atoms with Gasteiger partial charge < -0.3 is 25.2 Å². The van der Waals surface area contributed by atoms with E-state index in [9.17, 15) is 29.9 Å². The summed E-state index contributed by atoms with van der Waals surface area (Å²) in [6, 6.07) is 8.55. The van der Waals surface area contributed by atoms with Crippen molar-refractivity contribution in [2.24, 2.45) is 0 Å². The molecule has 2 aromatic rings. The summed E-state index contributed by atoms with van der Waals surface area (Å²) in [4.78, 5) is 36.0. The van der Waals surface area contributed by atoms with Gasteiger partial charge in [-0.15, -0.1) is 0 Å². The normalized spacial score (nSPS) is 13.8. The van der Waals surface area contributed by atoms with Gasteiger partial charge in [0.2, 0.25) is 0 Å². The molecule has 10 nitrogen and oxygen atoms in total. The predicted molar refractivity (Wildman–Crippen MR) is 125 cm³/mol. The Kier molecular flexibility index (Phi) is 9.70. The summed E-state index contributed by atoms with van der Waals surface area (Å²) in [5.74, 6) is -1.78. The number of nitro benzene ring substituents is 1. The van der Waals surface area contributed by atoms with E-state index in [1.165, 1.54) is 37.3 Å². The summed E-state index contributed by atoms with van der Waals surface area (Å²) in [6.45, 7) is 5.12. The minimum absolute atomic E-state index is 0.0351. The van der Waals surface area contributed by atoms with E-state index in [4.69, 9.17) is 17.0 Å². The highest BCUT2D eigenvalue weighted by Crippen LogP contribution is 2.18. The molecule has 1 amide bonds. The molecule has 0 aromatic heterocycles. The zero-order chi connectivity index (χ0) is 24.4. The number of aromatic hydroxyl groups is 1. The number of morpholine rings is 1. The maximum atomic E-state index is 12.3. The number of nitrogens with one attached hydrogen (secondary N) is 1. The number of carboxylic acid groups (broad SMARTS) is 1. The first-order valence-electron chi connectivity index (χ1n) is 10.0. The number of nitrogens with zero attached hydrogens (tertiary/aromatic N) is 2. The molecule has 2 aromatic carbocycles. The molecular formula is C22H25N3O7S. The van der Waals surface area contributed by atoms with Crippen molar-refractivity contribution in [1.29, 1.82) is 0 Å². The molecule has 11 heteroatoms. The van der Waals surface area contributed by atoms with Gasteiger partial charge >= 0.3 is 5.97 Å². The molecule has 1 aliphatic heterocycles. The molecule has 3 rings (SSSR count). The quantitative estimate of drug-likeness (QED) is 0.312. The fourth-order valence-corrected chi connectivity index (χ4v) is 3.21. The molecule has 1 fully saturated rings. The van der Waals surface area contributed by atoms with Crippen LogP contribution in [0.4, 0.5) is 5.69 Å². The Hall–Kier alpha value is -3.57. The molecule has 3 N–H and O–H groups in total. The first kappa shape index (κ1) is 25.7. The van der Waals surface area contributed by atoms with E-state index in [2.05, 4.69) is 10.2 Å². The third-order valence-electron chi connectivity index (χ3n) is 4.84. The van der Waals surface area contributed by atoms with E-state index in [-0.39, 0.29) is 23.4 Å². The summed E-state index contributed by atoms with van der Waals surface area (Å²) in [5, 5.41) is 31.7. The fraction of sp³-hybridized carbons (Fsp3) is 0.318. The van der Waals surface area contributed by atoms with Crippen LogP contribution in [0.3, 0.4) is 0 Å². The lowest BCUT2D eigenvalue weighted by atomic mass is 10.0. The number of phenols is 1. The van der Waals surface area contributed by atoms with Crippen LogP contribution in [0.15, 0.2) is 42.5 Å². The van der Waals surface area contributed by atoms with Crippen LogP contribution in [0.2, 0.25) is 0 Å². The topological polar surface area (TPSA) is 142 Å². The highest BCUT2D eigenvalue weighted by atomic mass is 32.1. The summed E-state index contributed by atoms with van der Waals surface area (Å²) in [7, 11) is 0. The number of nitro groups is 1. The predicted octanol–water partition coefficient (Wildman–Crippen LogP) is 2.31. The Morgan fingerprint density at radius 2 is 1.88 bits per heavy atom. The largest absolute Gasteiger partial charge is 0.508 e. The van der Waals surface area contributed by atoms with Crippen molar-refractivity contribution < 1.29 is 29.5 Å². The third kappa shape index (κ3) is 8.13. The number of rotatable bonds is 7. The number of phenolic OH excluding ortho intramolecular Hbond substituents is 1. The van der Waals surface area contributed by atoms with E-state index in [1.807, 2.05) is 0 Å². The van der Waals surface area contributed by atoms with Crippen LogP contribution in [0, 0.1) is 17.0 Å². The van der Waals surface area contributed by atoms with Crippen molar-refractivity contribution >= 4 is 35.3 Å². The molecule has 176 valence electrons. The van der Waals surface area contributed by atoms with E-state index in [0.29, 0.717) is 11.1 Å². The van der Waals surface area contributed by atoms with Gasteiger partial charge in [-0.3, -0.25) is 14.9 Å². The lowest BCUT2D eigenvalue weighted by Crippen LogP contribution is -2.42. The molecule has 1 atom stereocenters. The lowest BCUT2D eigenvalue weighted by Gasteiger charge is -2.23. The van der Waals surface area contributed by atoms with Crippen LogP contribution >= 0.6 is 12.2 Å². The van der Waals surface area contributed by atoms with Gasteiger partial charge in [0.05, 0.1) is 23.6 Å². The minimum atomic E-state index is -1.21. The molecule has 0 saturated carbocycles. The number of carboxylic acids is 1. The smallest absolute Gasteiger partial charge is 0.326 e. The lowest BCUT2D eigenvalue weighted by molar-refractivity contribution is -0.384. The monoisotopic (exact) mass is 475 g/mol. The molecule has 1 unspecified atom stereocenters. The number of carbonyl (C=O) groups is 2. The van der Waals surface area contributed by atoms with Crippen LogP contribution in [0.25, 0.3) is 0 Å². The molecule has 0 radical (unpaired) electrons. The van der Waals surface area contributed by atoms with Crippen molar-refractivity contribution in [3.63, 3.8) is 0 Å². The highest BCUT2D eigenvalue weighted by Gasteiger charge is 2.22. The number of amides is 1. The molecule has 33 heavy (non-hydrogen) atoms. The second-order valence-corrected chi connectivity index (χ2v) is 7.46. The number of aliphatic carboxylic acids is 1. The second kappa shape index (κ2) is 12.5. The standard InChI is InChI=1S/C17H16N2O6.C5H9NOS/c1-10-8-12(19(24)25)4-7-14(10)16(21)18-15(17(22)23)9-11-2-5-13(20)6-3-11;8-5-6-1-3-7-4-2-6/h2-8,15,20H,9H2,1H3,(H,18,21)(H,22,23);5H,1-4H2. The summed E-state index contributed by atoms with van der Waals surface area (Å²) < 4.78 is 5.09. The number of aryl methyl sites for hydroxylation is 1. The van der Waals surface area contributed by atoms with E-state index in [0.717, 1.165) is 26.3 Å². The van der Waals surface area contributed by atoms with E-state index in [1.54, 1.807) is 17.6 Å². The Labute approximate surface area is 195 Å². The Morgan fingerprint density at radius 3 is 2.36 bits per heavy atom. The van der Waals surface area contributed by atoms with E-state index < -0.39 is 22.8 Å². The van der Waals surface area contributed by atoms with Crippen molar-refractivity contribution in [3.8, 4) is 5.75 Å². The van der Waals surface area contributed by atoms with E-state index >= 15 is 0 Å². The van der Waals surface area contributed by atoms with Gasteiger partial charge in [-0.2, -0.15) is 0 Å². The summed E-state index contributed by atoms with van der Waals surface area (Å²) in [5.41, 5.74) is 2.73. The van der Waals surface area contributed by atoms with Crippen molar-refractivity contribution in [3.05, 3.63) is 69.3 Å². The molecule has 1 aliphatic rings. The number of thiocarbonyl (C=S) groups is 1. The van der Waals surface area contributed by atoms with Gasteiger partial charge in [0.25, 0.3) is 11.6 Å². The van der Waals surface area contributed by atoms with Gasteiger partial charge in [-0.05, 0) is 36.2 Å². The van der Waals surface area contributed by atoms with Gasteiger partial charge in [-0.1, -0.05) is 24.4 Å². The van der Waals surface area contributed by atoms with Crippen molar-refractivity contribution in [1.82, 2.24) is 10.2 Å². The van der Waals surface area contributed by atoms with Crippen LogP contribution in [0.1, 0.15) is 21.5 Å². The number of ether oxygens (including phenoxy) is 1. The second-order valence-electron chi connectivity index (χ2n) is 7.24. The van der Waals surface area contributed by atoms with Crippen LogP contribution in [-0.4, -0.2) is 69.7 Å². The Balaban J connectivity index is 0.000000405. The van der Waals surface area contributed by atoms with Gasteiger partial charge in [0.1, 0.15) is 11.8 Å². The third-order valence-corrected chi connectivity index (χ3v) is 5.14. The van der Waals surface area contributed by atoms with Crippen LogP contribution in [-0.2, 0) is 16.0 Å². The van der Waals surface area contributed by atoms with Crippen LogP contribution < -0.4 is 5.32 Å². The van der Waals surface area contributed by atoms with Crippen molar-refractivity contribution in [2.75, 3.05) is 26.3 Å². The van der Waals surface area contributed by atoms with Gasteiger partial charge in [-0.25, -0.2) is 4.79 Å². The molecule has 1 heterocycles. The SMILES string of the molecule is Cc1cc([N+](=O)[O-])ccc1C(=O)NC(Cc1ccc(O)cc1)C(=O)O.S=CN1CCOCC1. The number of non-ortho nitro benzene ring substituents is 1. The summed E-state index contributed by atoms with van der Waals surface area (Å²) >= 11 is 4.72. The maximum absolute atomic E-state index is 12.3. The first-order valence-corrected chi connectivity index (χ1v) is 10.5. The number of benzene rings is 2. The molecule has 1 saturated heterocycles. The van der Waals surface area contributed by atoms with Crippen molar-refractivity contribution in [2.45, 2.75) is 19.4 Å². The average Bonchev–Trinajstić information content (AvgIpc) is 2.80. The minimum Gasteiger partial charge on any atom is -0.508 e. The fourth-order valence-electron chi connectivity index (χ4n) is 3.00. The van der Waals surface area contributed by atoms with Crippen LogP contribution in [0.5, 0.6) is 5.75 Å². The van der Waals surface area contributed by atoms with Gasteiger partial charge in [0.15, 0.2) is 0 Å². The molecule has 0 spiro atoms. The number of hydrogen-bond donors (Lipinski definition) is 3. The summed E-state index contributed by atoms with van der Waals surface area (Å²) in [6.07, 6.45) is 0.0351. The Bertz CT molecular complexity index is 992.